The number of nitrogens with zero attached hydrogens (tertiary/aromatic N) is 1. The van der Waals surface area contributed by atoms with E-state index in [1.54, 1.807) is 12.2 Å². The summed E-state index contributed by atoms with van der Waals surface area (Å²) in [6.07, 6.45) is -5.79. The van der Waals surface area contributed by atoms with Crippen LogP contribution in [0.15, 0.2) is 60.7 Å². The van der Waals surface area contributed by atoms with E-state index >= 15 is 0 Å². The second-order valence-corrected chi connectivity index (χ2v) is 8.37. The maximum Gasteiger partial charge on any atom is 0.416 e. The fourth-order valence-corrected chi connectivity index (χ4v) is 4.03. The number of alkyl halides is 6. The van der Waals surface area contributed by atoms with Gasteiger partial charge < -0.3 is 10.4 Å². The molecule has 11 heteroatoms. The molecule has 1 aliphatic rings. The molecule has 0 fully saturated rings. The van der Waals surface area contributed by atoms with Crippen molar-refractivity contribution in [2.75, 3.05) is 0 Å². The summed E-state index contributed by atoms with van der Waals surface area (Å²) < 4.78 is 79.2. The van der Waals surface area contributed by atoms with Gasteiger partial charge in [-0.25, -0.2) is 4.98 Å². The molecule has 2 atom stereocenters. The molecule has 2 aromatic carbocycles. The number of carbonyl (C=O) groups excluding carboxylic acids is 1. The molecule has 1 amide bonds. The van der Waals surface area contributed by atoms with Crippen molar-refractivity contribution < 1.29 is 41.0 Å². The van der Waals surface area contributed by atoms with Gasteiger partial charge in [-0.2, -0.15) is 26.3 Å². The van der Waals surface area contributed by atoms with Crippen molar-refractivity contribution in [2.24, 2.45) is 5.92 Å². The van der Waals surface area contributed by atoms with Gasteiger partial charge in [-0.1, -0.05) is 18.2 Å². The molecule has 0 unspecified atom stereocenters. The molecule has 0 saturated heterocycles. The number of hydrogen-bond donors (Lipinski definition) is 2. The minimum atomic E-state index is -4.98. The SMILES string of the molecule is O=C(N[C@@H]1CC=CC[C@H]1C(=O)O)c1ccc2nc(-c3cc(C(F)(F)F)cc(C(F)(F)F)c3)ccc2c1. The molecule has 0 radical (unpaired) electrons. The van der Waals surface area contributed by atoms with Crippen molar-refractivity contribution in [1.82, 2.24) is 10.3 Å². The van der Waals surface area contributed by atoms with Gasteiger partial charge in [0.05, 0.1) is 28.3 Å². The van der Waals surface area contributed by atoms with Crippen molar-refractivity contribution in [3.63, 3.8) is 0 Å². The topological polar surface area (TPSA) is 79.3 Å². The molecule has 1 aromatic heterocycles. The van der Waals surface area contributed by atoms with Crippen LogP contribution < -0.4 is 5.32 Å². The predicted octanol–water partition coefficient (Wildman–Crippen LogP) is 6.09. The number of carboxylic acids is 1. The van der Waals surface area contributed by atoms with Crippen molar-refractivity contribution in [2.45, 2.75) is 31.2 Å². The molecular weight excluding hydrogens is 490 g/mol. The lowest BCUT2D eigenvalue weighted by Crippen LogP contribution is -2.44. The molecule has 1 heterocycles. The number of aromatic nitrogens is 1. The average molecular weight is 508 g/mol. The number of benzene rings is 2. The Morgan fingerprint density at radius 2 is 1.50 bits per heavy atom. The number of carbonyl (C=O) groups is 2. The summed E-state index contributed by atoms with van der Waals surface area (Å²) in [5, 5.41) is 12.5. The van der Waals surface area contributed by atoms with E-state index in [0.717, 1.165) is 0 Å². The molecule has 188 valence electrons. The number of allylic oxidation sites excluding steroid dienone is 1. The van der Waals surface area contributed by atoms with Crippen LogP contribution in [0.4, 0.5) is 26.3 Å². The van der Waals surface area contributed by atoms with Crippen LogP contribution in [0, 0.1) is 5.92 Å². The first-order valence-corrected chi connectivity index (χ1v) is 10.7. The summed E-state index contributed by atoms with van der Waals surface area (Å²) in [7, 11) is 0. The van der Waals surface area contributed by atoms with Crippen LogP contribution in [-0.4, -0.2) is 28.0 Å². The van der Waals surface area contributed by atoms with Gasteiger partial charge in [-0.15, -0.1) is 0 Å². The Morgan fingerprint density at radius 3 is 2.11 bits per heavy atom. The second-order valence-electron chi connectivity index (χ2n) is 8.37. The second kappa shape index (κ2) is 9.29. The van der Waals surface area contributed by atoms with E-state index in [-0.39, 0.29) is 34.8 Å². The Labute approximate surface area is 200 Å². The number of rotatable bonds is 4. The van der Waals surface area contributed by atoms with Crippen LogP contribution >= 0.6 is 0 Å². The van der Waals surface area contributed by atoms with E-state index in [4.69, 9.17) is 0 Å². The summed E-state index contributed by atoms with van der Waals surface area (Å²) in [6.45, 7) is 0. The summed E-state index contributed by atoms with van der Waals surface area (Å²) in [5.74, 6) is -2.30. The molecule has 36 heavy (non-hydrogen) atoms. The van der Waals surface area contributed by atoms with Crippen LogP contribution in [0.5, 0.6) is 0 Å². The Balaban J connectivity index is 1.64. The minimum absolute atomic E-state index is 0.0481. The first-order valence-electron chi connectivity index (χ1n) is 10.7. The van der Waals surface area contributed by atoms with Gasteiger partial charge in [-0.3, -0.25) is 9.59 Å². The monoisotopic (exact) mass is 508 g/mol. The van der Waals surface area contributed by atoms with E-state index in [1.807, 2.05) is 0 Å². The highest BCUT2D eigenvalue weighted by molar-refractivity contribution is 5.98. The van der Waals surface area contributed by atoms with Gasteiger partial charge in [-0.05, 0) is 55.3 Å². The van der Waals surface area contributed by atoms with Crippen molar-refractivity contribution >= 4 is 22.8 Å². The maximum absolute atomic E-state index is 13.2. The van der Waals surface area contributed by atoms with Gasteiger partial charge in [0.2, 0.25) is 0 Å². The van der Waals surface area contributed by atoms with Gasteiger partial charge >= 0.3 is 18.3 Å². The predicted molar refractivity (Wildman–Crippen MR) is 118 cm³/mol. The van der Waals surface area contributed by atoms with E-state index in [9.17, 15) is 41.0 Å². The highest BCUT2D eigenvalue weighted by Gasteiger charge is 2.37. The van der Waals surface area contributed by atoms with E-state index < -0.39 is 47.3 Å². The third-order valence-corrected chi connectivity index (χ3v) is 5.90. The molecule has 0 saturated carbocycles. The Hall–Kier alpha value is -3.89. The Kier molecular flexibility index (Phi) is 6.50. The molecule has 2 N–H and O–H groups in total. The first kappa shape index (κ1) is 25.2. The van der Waals surface area contributed by atoms with E-state index in [0.29, 0.717) is 23.9 Å². The van der Waals surface area contributed by atoms with Crippen molar-refractivity contribution in [1.29, 1.82) is 0 Å². The summed E-state index contributed by atoms with van der Waals surface area (Å²) in [4.78, 5) is 28.3. The summed E-state index contributed by atoms with van der Waals surface area (Å²) >= 11 is 0. The zero-order chi connectivity index (χ0) is 26.3. The zero-order valence-corrected chi connectivity index (χ0v) is 18.3. The summed E-state index contributed by atoms with van der Waals surface area (Å²) in [5.41, 5.74) is -2.90. The fraction of sp³-hybridized carbons (Fsp3) is 0.240. The fourth-order valence-electron chi connectivity index (χ4n) is 4.03. The van der Waals surface area contributed by atoms with Crippen LogP contribution in [0.1, 0.15) is 34.3 Å². The molecule has 0 bridgehead atoms. The minimum Gasteiger partial charge on any atom is -0.481 e. The normalized spacial score (nSPS) is 18.3. The van der Waals surface area contributed by atoms with Crippen LogP contribution in [-0.2, 0) is 17.1 Å². The Morgan fingerprint density at radius 1 is 0.861 bits per heavy atom. The van der Waals surface area contributed by atoms with Crippen molar-refractivity contribution in [3.8, 4) is 11.3 Å². The largest absolute Gasteiger partial charge is 0.481 e. The molecule has 0 aliphatic heterocycles. The Bertz CT molecular complexity index is 1330. The third-order valence-electron chi connectivity index (χ3n) is 5.90. The van der Waals surface area contributed by atoms with Gasteiger partial charge in [0.15, 0.2) is 0 Å². The number of carboxylic acid groups (broad SMARTS) is 1. The zero-order valence-electron chi connectivity index (χ0n) is 18.3. The number of amides is 1. The number of aliphatic carboxylic acids is 1. The molecule has 4 rings (SSSR count). The number of halogens is 6. The molecule has 5 nitrogen and oxygen atoms in total. The lowest BCUT2D eigenvalue weighted by atomic mass is 9.89. The van der Waals surface area contributed by atoms with Crippen LogP contribution in [0.2, 0.25) is 0 Å². The summed E-state index contributed by atoms with van der Waals surface area (Å²) in [6, 6.07) is 7.63. The standard InChI is InChI=1S/C25H18F6N2O3/c26-24(27,28)16-10-15(11-17(12-16)25(29,30)31)20-7-5-13-9-14(6-8-19(13)32-20)22(34)33-21-4-2-1-3-18(21)23(35)36/h1-2,5-12,18,21H,3-4H2,(H,33,34)(H,35,36)/t18-,21-/m1/s1. The highest BCUT2D eigenvalue weighted by Crippen LogP contribution is 2.38. The van der Waals surface area contributed by atoms with E-state index in [2.05, 4.69) is 10.3 Å². The average Bonchev–Trinajstić information content (AvgIpc) is 2.82. The molecule has 0 spiro atoms. The van der Waals surface area contributed by atoms with Gasteiger partial charge in [0.25, 0.3) is 5.91 Å². The number of fused-ring (bicyclic) bond motifs is 1. The molecule has 3 aromatic rings. The maximum atomic E-state index is 13.2. The lowest BCUT2D eigenvalue weighted by molar-refractivity contribution is -0.144. The van der Waals surface area contributed by atoms with E-state index in [1.165, 1.54) is 30.3 Å². The smallest absolute Gasteiger partial charge is 0.416 e. The number of nitrogens with one attached hydrogen (secondary N) is 1. The van der Waals surface area contributed by atoms with Gasteiger partial charge in [0, 0.05) is 22.6 Å². The molecule has 1 aliphatic carbocycles. The van der Waals surface area contributed by atoms with Crippen LogP contribution in [0.3, 0.4) is 0 Å². The quantitative estimate of drug-likeness (QED) is 0.330. The van der Waals surface area contributed by atoms with Crippen LogP contribution in [0.25, 0.3) is 22.2 Å². The first-order chi connectivity index (χ1) is 16.8. The lowest BCUT2D eigenvalue weighted by Gasteiger charge is -2.26. The number of pyridine rings is 1. The molecular formula is C25H18F6N2O3. The number of hydrogen-bond acceptors (Lipinski definition) is 3. The van der Waals surface area contributed by atoms with Gasteiger partial charge in [0.1, 0.15) is 0 Å². The highest BCUT2D eigenvalue weighted by atomic mass is 19.4. The third kappa shape index (κ3) is 5.34. The van der Waals surface area contributed by atoms with Crippen molar-refractivity contribution in [3.05, 3.63) is 77.4 Å².